The maximum Gasteiger partial charge on any atom is 0.389 e. The maximum atomic E-state index is 13.4. The fourth-order valence-corrected chi connectivity index (χ4v) is 3.55. The second-order valence-corrected chi connectivity index (χ2v) is 7.71. The van der Waals surface area contributed by atoms with Gasteiger partial charge in [-0.05, 0) is 48.7 Å². The molecule has 0 bridgehead atoms. The summed E-state index contributed by atoms with van der Waals surface area (Å²) in [5, 5.41) is 11.2. The molecule has 1 heterocycles. The van der Waals surface area contributed by atoms with Gasteiger partial charge in [0.05, 0.1) is 18.7 Å². The first-order valence-electron chi connectivity index (χ1n) is 10.6. The number of carbonyl (C=O) groups is 3. The molecule has 7 nitrogen and oxygen atoms in total. The van der Waals surface area contributed by atoms with Crippen LogP contribution in [0.2, 0.25) is 0 Å². The minimum Gasteiger partial charge on any atom is -0.477 e. The molecular weight excluding hydrogens is 472 g/mol. The lowest BCUT2D eigenvalue weighted by molar-refractivity contribution is -0.145. The van der Waals surface area contributed by atoms with Gasteiger partial charge in [0.15, 0.2) is 0 Å². The molecule has 0 unspecified atom stereocenters. The zero-order chi connectivity index (χ0) is 25.8. The number of hydrogen-bond donors (Lipinski definition) is 1. The first-order chi connectivity index (χ1) is 16.5. The topological polar surface area (TPSA) is 88.8 Å². The first-order valence-corrected chi connectivity index (χ1v) is 10.6. The Morgan fingerprint density at radius 3 is 2.29 bits per heavy atom. The summed E-state index contributed by atoms with van der Waals surface area (Å²) in [4.78, 5) is 37.2. The minimum absolute atomic E-state index is 0.0272. The van der Waals surface area contributed by atoms with Gasteiger partial charge in [0.1, 0.15) is 17.9 Å². The first kappa shape index (κ1) is 25.7. The van der Waals surface area contributed by atoms with E-state index in [4.69, 9.17) is 4.74 Å². The van der Waals surface area contributed by atoms with Crippen molar-refractivity contribution in [3.8, 4) is 0 Å². The molecule has 0 saturated heterocycles. The van der Waals surface area contributed by atoms with Gasteiger partial charge in [-0.3, -0.25) is 9.59 Å². The van der Waals surface area contributed by atoms with E-state index in [9.17, 15) is 37.1 Å². The largest absolute Gasteiger partial charge is 0.477 e. The van der Waals surface area contributed by atoms with Crippen LogP contribution in [0.1, 0.15) is 41.4 Å². The SMILES string of the molecule is CCOC(=O)CC(=O)N(Cc1ccc(F)cc1)n1c(C(=O)O)cc2ccc(CCC(F)(F)F)cc21. The number of hydrogen-bond acceptors (Lipinski definition) is 4. The van der Waals surface area contributed by atoms with Crippen molar-refractivity contribution in [2.24, 2.45) is 0 Å². The molecule has 3 aromatic rings. The van der Waals surface area contributed by atoms with E-state index < -0.39 is 42.7 Å². The summed E-state index contributed by atoms with van der Waals surface area (Å²) < 4.78 is 57.4. The van der Waals surface area contributed by atoms with Crippen molar-refractivity contribution < 1.29 is 41.8 Å². The van der Waals surface area contributed by atoms with Gasteiger partial charge in [-0.2, -0.15) is 13.2 Å². The number of carbonyl (C=O) groups excluding carboxylic acids is 2. The lowest BCUT2D eigenvalue weighted by Gasteiger charge is -2.26. The van der Waals surface area contributed by atoms with Gasteiger partial charge in [0.2, 0.25) is 0 Å². The van der Waals surface area contributed by atoms with Crippen LogP contribution >= 0.6 is 0 Å². The van der Waals surface area contributed by atoms with E-state index in [-0.39, 0.29) is 36.3 Å². The fraction of sp³-hybridized carbons (Fsp3) is 0.292. The number of nitrogens with zero attached hydrogens (tertiary/aromatic N) is 2. The van der Waals surface area contributed by atoms with Gasteiger partial charge in [-0.15, -0.1) is 0 Å². The molecule has 1 N–H and O–H groups in total. The molecule has 2 aromatic carbocycles. The number of esters is 1. The Morgan fingerprint density at radius 1 is 1.03 bits per heavy atom. The van der Waals surface area contributed by atoms with Crippen LogP contribution in [0.5, 0.6) is 0 Å². The van der Waals surface area contributed by atoms with Gasteiger partial charge in [-0.1, -0.05) is 24.3 Å². The molecule has 35 heavy (non-hydrogen) atoms. The Morgan fingerprint density at radius 2 is 1.69 bits per heavy atom. The quantitative estimate of drug-likeness (QED) is 0.267. The lowest BCUT2D eigenvalue weighted by atomic mass is 10.1. The number of aromatic carboxylic acids is 1. The van der Waals surface area contributed by atoms with E-state index in [2.05, 4.69) is 0 Å². The zero-order valence-corrected chi connectivity index (χ0v) is 18.6. The average molecular weight is 494 g/mol. The third-order valence-electron chi connectivity index (χ3n) is 5.14. The number of rotatable bonds is 9. The highest BCUT2D eigenvalue weighted by molar-refractivity contribution is 6.02. The van der Waals surface area contributed by atoms with Gasteiger partial charge < -0.3 is 9.84 Å². The summed E-state index contributed by atoms with van der Waals surface area (Å²) in [6, 6.07) is 10.7. The number of aryl methyl sites for hydroxylation is 1. The highest BCUT2D eigenvalue weighted by Gasteiger charge is 2.28. The lowest BCUT2D eigenvalue weighted by Crippen LogP contribution is -2.42. The number of benzene rings is 2. The average Bonchev–Trinajstić information content (AvgIpc) is 3.15. The molecule has 0 aliphatic carbocycles. The third-order valence-corrected chi connectivity index (χ3v) is 5.14. The number of ether oxygens (including phenoxy) is 1. The van der Waals surface area contributed by atoms with E-state index in [1.54, 1.807) is 6.92 Å². The summed E-state index contributed by atoms with van der Waals surface area (Å²) in [5.74, 6) is -3.56. The van der Waals surface area contributed by atoms with Crippen LogP contribution in [0.25, 0.3) is 10.9 Å². The van der Waals surface area contributed by atoms with Crippen molar-refractivity contribution >= 4 is 28.7 Å². The Balaban J connectivity index is 2.12. The van der Waals surface area contributed by atoms with Crippen LogP contribution < -0.4 is 5.01 Å². The predicted molar refractivity (Wildman–Crippen MR) is 118 cm³/mol. The van der Waals surface area contributed by atoms with E-state index in [1.807, 2.05) is 0 Å². The Labute approximate surface area is 197 Å². The third kappa shape index (κ3) is 6.58. The van der Waals surface area contributed by atoms with E-state index in [1.165, 1.54) is 36.4 Å². The van der Waals surface area contributed by atoms with Crippen molar-refractivity contribution in [1.82, 2.24) is 4.68 Å². The second-order valence-electron chi connectivity index (χ2n) is 7.71. The second kappa shape index (κ2) is 10.6. The number of fused-ring (bicyclic) bond motifs is 1. The molecule has 0 aliphatic rings. The summed E-state index contributed by atoms with van der Waals surface area (Å²) in [5.41, 5.74) is 0.536. The van der Waals surface area contributed by atoms with Crippen LogP contribution in [0.15, 0.2) is 48.5 Å². The normalized spacial score (nSPS) is 11.5. The standard InChI is InChI=1S/C24H22F4N2O5/c1-2-35-22(32)13-21(31)29(14-16-4-7-18(25)8-5-16)30-19-11-15(9-10-24(26,27)28)3-6-17(19)12-20(30)23(33)34/h3-8,11-12H,2,9-10,13-14H2,1H3,(H,33,34). The number of halogens is 4. The number of amides is 1. The van der Waals surface area contributed by atoms with Crippen LogP contribution in [-0.2, 0) is 27.3 Å². The Kier molecular flexibility index (Phi) is 7.78. The maximum absolute atomic E-state index is 13.4. The molecular formula is C24H22F4N2O5. The molecule has 1 aromatic heterocycles. The molecule has 0 atom stereocenters. The molecule has 11 heteroatoms. The van der Waals surface area contributed by atoms with Crippen molar-refractivity contribution in [3.63, 3.8) is 0 Å². The van der Waals surface area contributed by atoms with Crippen LogP contribution in [0.4, 0.5) is 17.6 Å². The highest BCUT2D eigenvalue weighted by Crippen LogP contribution is 2.27. The molecule has 0 spiro atoms. The van der Waals surface area contributed by atoms with Crippen molar-refractivity contribution in [1.29, 1.82) is 0 Å². The Hall–Kier alpha value is -3.89. The highest BCUT2D eigenvalue weighted by atomic mass is 19.4. The monoisotopic (exact) mass is 494 g/mol. The smallest absolute Gasteiger partial charge is 0.389 e. The molecule has 1 amide bonds. The molecule has 186 valence electrons. The van der Waals surface area contributed by atoms with Crippen molar-refractivity contribution in [3.05, 3.63) is 71.2 Å². The van der Waals surface area contributed by atoms with Crippen LogP contribution in [-0.4, -0.2) is 40.4 Å². The van der Waals surface area contributed by atoms with Crippen molar-refractivity contribution in [2.45, 2.75) is 38.9 Å². The molecule has 0 radical (unpaired) electrons. The predicted octanol–water partition coefficient (Wildman–Crippen LogP) is 4.59. The number of carboxylic acids is 1. The van der Waals surface area contributed by atoms with Gasteiger partial charge in [0.25, 0.3) is 5.91 Å². The van der Waals surface area contributed by atoms with Gasteiger partial charge >= 0.3 is 18.1 Å². The van der Waals surface area contributed by atoms with Crippen molar-refractivity contribution in [2.75, 3.05) is 11.6 Å². The fourth-order valence-electron chi connectivity index (χ4n) is 3.55. The van der Waals surface area contributed by atoms with E-state index in [0.717, 1.165) is 21.8 Å². The summed E-state index contributed by atoms with van der Waals surface area (Å²) in [6.07, 6.45) is -6.51. The van der Waals surface area contributed by atoms with E-state index in [0.29, 0.717) is 10.9 Å². The molecule has 0 aliphatic heterocycles. The number of alkyl halides is 3. The number of carboxylic acid groups (broad SMARTS) is 1. The summed E-state index contributed by atoms with van der Waals surface area (Å²) >= 11 is 0. The van der Waals surface area contributed by atoms with Crippen LogP contribution in [0.3, 0.4) is 0 Å². The van der Waals surface area contributed by atoms with Crippen LogP contribution in [0, 0.1) is 5.82 Å². The minimum atomic E-state index is -4.38. The van der Waals surface area contributed by atoms with Gasteiger partial charge in [-0.25, -0.2) is 18.9 Å². The summed E-state index contributed by atoms with van der Waals surface area (Å²) in [6.45, 7) is 1.35. The van der Waals surface area contributed by atoms with Gasteiger partial charge in [0, 0.05) is 11.8 Å². The molecule has 3 rings (SSSR count). The summed E-state index contributed by atoms with van der Waals surface area (Å²) in [7, 11) is 0. The molecule has 0 fully saturated rings. The van der Waals surface area contributed by atoms with E-state index >= 15 is 0 Å². The Bertz CT molecular complexity index is 1240. The molecule has 0 saturated carbocycles. The number of aromatic nitrogens is 1. The zero-order valence-electron chi connectivity index (χ0n) is 18.6.